The highest BCUT2D eigenvalue weighted by Gasteiger charge is 2.40. The molecule has 0 spiro atoms. The van der Waals surface area contributed by atoms with Crippen molar-refractivity contribution in [2.24, 2.45) is 11.7 Å². The van der Waals surface area contributed by atoms with Gasteiger partial charge >= 0.3 is 6.18 Å². The molecule has 1 saturated carbocycles. The van der Waals surface area contributed by atoms with E-state index in [0.29, 0.717) is 0 Å². The van der Waals surface area contributed by atoms with Crippen LogP contribution in [0.15, 0.2) is 16.6 Å². The molecule has 0 bridgehead atoms. The van der Waals surface area contributed by atoms with Gasteiger partial charge < -0.3 is 10.8 Å². The fraction of sp³-hybridized carbons (Fsp3) is 0.455. The third-order valence-electron chi connectivity index (χ3n) is 2.94. The zero-order chi connectivity index (χ0) is 12.8. The normalized spacial score (nSPS) is 18.2. The predicted molar refractivity (Wildman–Crippen MR) is 60.5 cm³/mol. The van der Waals surface area contributed by atoms with Gasteiger partial charge in [0, 0.05) is 11.6 Å². The Morgan fingerprint density at radius 1 is 1.35 bits per heavy atom. The summed E-state index contributed by atoms with van der Waals surface area (Å²) in [4.78, 5) is 0. The molecule has 3 N–H and O–H groups in total. The highest BCUT2D eigenvalue weighted by atomic mass is 79.9. The maximum atomic E-state index is 12.8. The van der Waals surface area contributed by atoms with E-state index < -0.39 is 23.5 Å². The molecule has 0 saturated heterocycles. The molecule has 2 rings (SSSR count). The van der Waals surface area contributed by atoms with E-state index in [-0.39, 0.29) is 16.0 Å². The van der Waals surface area contributed by atoms with Gasteiger partial charge in [0.2, 0.25) is 0 Å². The van der Waals surface area contributed by atoms with Gasteiger partial charge in [-0.05, 0) is 46.8 Å². The first-order valence-corrected chi connectivity index (χ1v) is 5.96. The lowest BCUT2D eigenvalue weighted by atomic mass is 9.96. The molecular formula is C11H11BrF3NO. The third-order valence-corrected chi connectivity index (χ3v) is 3.58. The number of nitrogens with two attached hydrogens (primary N) is 1. The van der Waals surface area contributed by atoms with Crippen LogP contribution in [0.5, 0.6) is 5.75 Å². The number of alkyl halides is 3. The molecule has 1 atom stereocenters. The van der Waals surface area contributed by atoms with Crippen molar-refractivity contribution in [1.82, 2.24) is 0 Å². The summed E-state index contributed by atoms with van der Waals surface area (Å²) in [6, 6.07) is 1.37. The summed E-state index contributed by atoms with van der Waals surface area (Å²) in [6.45, 7) is 0. The summed E-state index contributed by atoms with van der Waals surface area (Å²) >= 11 is 3.01. The predicted octanol–water partition coefficient (Wildman–Crippen LogP) is 3.58. The molecule has 1 fully saturated rings. The van der Waals surface area contributed by atoms with E-state index in [2.05, 4.69) is 15.9 Å². The lowest BCUT2D eigenvalue weighted by Crippen LogP contribution is -2.19. The number of halogens is 4. The van der Waals surface area contributed by atoms with Crippen LogP contribution in [0.2, 0.25) is 0 Å². The molecule has 0 radical (unpaired) electrons. The molecule has 94 valence electrons. The molecule has 0 amide bonds. The Morgan fingerprint density at radius 2 is 1.94 bits per heavy atom. The van der Waals surface area contributed by atoms with Crippen LogP contribution >= 0.6 is 15.9 Å². The first-order valence-electron chi connectivity index (χ1n) is 5.16. The quantitative estimate of drug-likeness (QED) is 0.877. The highest BCUT2D eigenvalue weighted by Crippen LogP contribution is 2.48. The van der Waals surface area contributed by atoms with Gasteiger partial charge in [-0.3, -0.25) is 0 Å². The minimum Gasteiger partial charge on any atom is -0.506 e. The molecule has 1 aromatic rings. The van der Waals surface area contributed by atoms with E-state index in [1.807, 2.05) is 0 Å². The molecule has 0 aromatic heterocycles. The Balaban J connectivity index is 2.55. The molecule has 17 heavy (non-hydrogen) atoms. The summed E-state index contributed by atoms with van der Waals surface area (Å²) in [5.74, 6) is -0.365. The Labute approximate surface area is 105 Å². The maximum Gasteiger partial charge on any atom is 0.416 e. The van der Waals surface area contributed by atoms with Gasteiger partial charge in [-0.1, -0.05) is 0 Å². The summed E-state index contributed by atoms with van der Waals surface area (Å²) < 4.78 is 38.7. The molecular weight excluding hydrogens is 299 g/mol. The minimum atomic E-state index is -4.50. The van der Waals surface area contributed by atoms with Crippen molar-refractivity contribution in [2.45, 2.75) is 25.1 Å². The van der Waals surface area contributed by atoms with Crippen LogP contribution in [-0.2, 0) is 6.18 Å². The van der Waals surface area contributed by atoms with E-state index in [1.165, 1.54) is 6.07 Å². The number of hydrogen-bond donors (Lipinski definition) is 2. The zero-order valence-corrected chi connectivity index (χ0v) is 10.3. The van der Waals surface area contributed by atoms with Gasteiger partial charge in [0.05, 0.1) is 10.0 Å². The Hall–Kier alpha value is -0.750. The molecule has 1 aromatic carbocycles. The molecule has 6 heteroatoms. The SMILES string of the molecule is N[C@@H](c1c(C(F)(F)F)ccc(Br)c1O)C1CC1. The second-order valence-electron chi connectivity index (χ2n) is 4.22. The number of benzene rings is 1. The number of phenols is 1. The van der Waals surface area contributed by atoms with Crippen LogP contribution in [-0.4, -0.2) is 5.11 Å². The summed E-state index contributed by atoms with van der Waals surface area (Å²) in [7, 11) is 0. The second kappa shape index (κ2) is 4.17. The van der Waals surface area contributed by atoms with Crippen LogP contribution in [0, 0.1) is 5.92 Å². The van der Waals surface area contributed by atoms with Crippen LogP contribution in [0.3, 0.4) is 0 Å². The van der Waals surface area contributed by atoms with Crippen molar-refractivity contribution in [3.63, 3.8) is 0 Å². The van der Waals surface area contributed by atoms with Crippen LogP contribution in [0.25, 0.3) is 0 Å². The first kappa shape index (κ1) is 12.7. The van der Waals surface area contributed by atoms with Crippen molar-refractivity contribution in [1.29, 1.82) is 0 Å². The monoisotopic (exact) mass is 309 g/mol. The first-order chi connectivity index (χ1) is 7.82. The number of phenolic OH excluding ortho intramolecular Hbond substituents is 1. The average molecular weight is 310 g/mol. The van der Waals surface area contributed by atoms with Crippen molar-refractivity contribution in [3.05, 3.63) is 27.7 Å². The fourth-order valence-corrected chi connectivity index (χ4v) is 2.20. The highest BCUT2D eigenvalue weighted by molar-refractivity contribution is 9.10. The Kier molecular flexibility index (Phi) is 3.12. The smallest absolute Gasteiger partial charge is 0.416 e. The number of hydrogen-bond acceptors (Lipinski definition) is 2. The molecule has 1 aliphatic carbocycles. The lowest BCUT2D eigenvalue weighted by molar-refractivity contribution is -0.138. The summed E-state index contributed by atoms with van der Waals surface area (Å²) in [6.07, 6.45) is -2.88. The van der Waals surface area contributed by atoms with Gasteiger partial charge in [-0.15, -0.1) is 0 Å². The maximum absolute atomic E-state index is 12.8. The molecule has 0 unspecified atom stereocenters. The minimum absolute atomic E-state index is 0.0382. The van der Waals surface area contributed by atoms with Gasteiger partial charge in [0.1, 0.15) is 5.75 Å². The van der Waals surface area contributed by atoms with E-state index >= 15 is 0 Å². The topological polar surface area (TPSA) is 46.2 Å². The largest absolute Gasteiger partial charge is 0.506 e. The Morgan fingerprint density at radius 3 is 2.41 bits per heavy atom. The third kappa shape index (κ3) is 2.42. The standard InChI is InChI=1S/C11H11BrF3NO/c12-7-4-3-6(11(13,14)15)8(10(7)17)9(16)5-1-2-5/h3-5,9,17H,1-2,16H2/t9-/m1/s1. The van der Waals surface area contributed by atoms with Gasteiger partial charge in [-0.2, -0.15) is 13.2 Å². The zero-order valence-electron chi connectivity index (χ0n) is 8.76. The molecule has 0 heterocycles. The molecule has 1 aliphatic rings. The summed E-state index contributed by atoms with van der Waals surface area (Å²) in [5.41, 5.74) is 4.74. The van der Waals surface area contributed by atoms with Crippen molar-refractivity contribution in [3.8, 4) is 5.75 Å². The number of aromatic hydroxyl groups is 1. The van der Waals surface area contributed by atoms with Gasteiger partial charge in [0.15, 0.2) is 0 Å². The lowest BCUT2D eigenvalue weighted by Gasteiger charge is -2.20. The van der Waals surface area contributed by atoms with Crippen LogP contribution in [0.4, 0.5) is 13.2 Å². The Bertz CT molecular complexity index is 443. The van der Waals surface area contributed by atoms with Crippen molar-refractivity contribution in [2.75, 3.05) is 0 Å². The molecule has 2 nitrogen and oxygen atoms in total. The second-order valence-corrected chi connectivity index (χ2v) is 5.07. The fourth-order valence-electron chi connectivity index (χ4n) is 1.86. The van der Waals surface area contributed by atoms with E-state index in [9.17, 15) is 18.3 Å². The van der Waals surface area contributed by atoms with E-state index in [0.717, 1.165) is 18.9 Å². The van der Waals surface area contributed by atoms with Crippen LogP contribution < -0.4 is 5.73 Å². The molecule has 0 aliphatic heterocycles. The van der Waals surface area contributed by atoms with Gasteiger partial charge in [0.25, 0.3) is 0 Å². The summed E-state index contributed by atoms with van der Waals surface area (Å²) in [5, 5.41) is 9.76. The van der Waals surface area contributed by atoms with Crippen molar-refractivity contribution >= 4 is 15.9 Å². The average Bonchev–Trinajstić information content (AvgIpc) is 3.02. The van der Waals surface area contributed by atoms with Gasteiger partial charge in [-0.25, -0.2) is 0 Å². The van der Waals surface area contributed by atoms with Crippen LogP contribution in [0.1, 0.15) is 30.0 Å². The van der Waals surface area contributed by atoms with E-state index in [4.69, 9.17) is 5.73 Å². The van der Waals surface area contributed by atoms with E-state index in [1.54, 1.807) is 0 Å². The number of rotatable bonds is 2. The van der Waals surface area contributed by atoms with Crippen molar-refractivity contribution < 1.29 is 18.3 Å².